The summed E-state index contributed by atoms with van der Waals surface area (Å²) in [6.45, 7) is 1.67. The molecule has 0 aliphatic heterocycles. The summed E-state index contributed by atoms with van der Waals surface area (Å²) in [6.07, 6.45) is 0. The van der Waals surface area contributed by atoms with Crippen molar-refractivity contribution in [2.75, 3.05) is 0 Å². The first-order valence-corrected chi connectivity index (χ1v) is 4.03. The number of benzene rings is 1. The molecule has 0 unspecified atom stereocenters. The molecule has 2 aromatic rings. The van der Waals surface area contributed by atoms with Crippen LogP contribution in [0.25, 0.3) is 11.4 Å². The van der Waals surface area contributed by atoms with E-state index in [0.717, 1.165) is 10.5 Å². The summed E-state index contributed by atoms with van der Waals surface area (Å²) in [5, 5.41) is 9.40. The second kappa shape index (κ2) is 2.94. The average molecular weight is 175 g/mol. The Hall–Kier alpha value is -1.77. The molecule has 0 saturated carbocycles. The lowest BCUT2D eigenvalue weighted by atomic mass is 10.2. The van der Waals surface area contributed by atoms with E-state index in [-0.39, 0.29) is 5.88 Å². The standard InChI is InChI=1S/C10H10N2O/c1-7-10(13)12-9(11-7)8-5-3-2-4-6-8/h2-6,13H,1H3,(H,11,12)/i/hD. The lowest BCUT2D eigenvalue weighted by molar-refractivity contribution is 0.452. The van der Waals surface area contributed by atoms with Gasteiger partial charge in [-0.05, 0) is 6.92 Å². The molecule has 66 valence electrons. The lowest BCUT2D eigenvalue weighted by Crippen LogP contribution is -1.78. The van der Waals surface area contributed by atoms with Crippen molar-refractivity contribution in [1.29, 1.82) is 0 Å². The molecule has 1 aromatic heterocycles. The summed E-state index contributed by atoms with van der Waals surface area (Å²) in [5.41, 5.74) is 1.30. The van der Waals surface area contributed by atoms with E-state index in [4.69, 9.17) is 1.41 Å². The molecule has 0 fully saturated rings. The molecule has 0 spiro atoms. The maximum atomic E-state index is 9.40. The molecule has 0 bridgehead atoms. The number of aromatic nitrogens is 2. The van der Waals surface area contributed by atoms with E-state index in [1.54, 1.807) is 6.92 Å². The van der Waals surface area contributed by atoms with Crippen LogP contribution in [0.5, 0.6) is 5.88 Å². The molecule has 3 heteroatoms. The van der Waals surface area contributed by atoms with Crippen LogP contribution < -0.4 is 0 Å². The molecule has 1 heterocycles. The Morgan fingerprint density at radius 2 is 2.08 bits per heavy atom. The van der Waals surface area contributed by atoms with Gasteiger partial charge in [-0.1, -0.05) is 30.3 Å². The molecular formula is C10H10N2O. The Kier molecular flexibility index (Phi) is 1.52. The third kappa shape index (κ3) is 1.40. The van der Waals surface area contributed by atoms with Crippen molar-refractivity contribution in [1.82, 2.24) is 9.96 Å². The summed E-state index contributed by atoms with van der Waals surface area (Å²) in [5.74, 6) is 0.351. The van der Waals surface area contributed by atoms with Crippen LogP contribution >= 0.6 is 0 Å². The third-order valence-electron chi connectivity index (χ3n) is 1.84. The van der Waals surface area contributed by atoms with Crippen molar-refractivity contribution in [3.05, 3.63) is 36.0 Å². The summed E-state index contributed by atoms with van der Waals surface area (Å²) in [4.78, 5) is 5.04. The summed E-state index contributed by atoms with van der Waals surface area (Å²) in [7, 11) is 0. The van der Waals surface area contributed by atoms with Gasteiger partial charge in [-0.3, -0.25) is 0 Å². The number of H-pyrrole nitrogens is 1. The number of nitrogens with one attached hydrogen (secondary N) is 1. The van der Waals surface area contributed by atoms with Gasteiger partial charge in [0, 0.05) is 5.56 Å². The Bertz CT molecular complexity index is 451. The number of nitrogens with zero attached hydrogens (tertiary/aromatic N) is 1. The van der Waals surface area contributed by atoms with Crippen LogP contribution in [0.3, 0.4) is 0 Å². The predicted molar refractivity (Wildman–Crippen MR) is 50.4 cm³/mol. The number of hydrogen-bond donors (Lipinski definition) is 2. The quantitative estimate of drug-likeness (QED) is 0.697. The number of hydrogen-bond acceptors (Lipinski definition) is 2. The molecule has 0 saturated heterocycles. The first-order chi connectivity index (χ1) is 6.70. The van der Waals surface area contributed by atoms with Gasteiger partial charge in [0.1, 0.15) is 5.82 Å². The van der Waals surface area contributed by atoms with Crippen LogP contribution in [-0.4, -0.2) is 15.1 Å². The van der Waals surface area contributed by atoms with Gasteiger partial charge in [-0.15, -0.1) is 0 Å². The zero-order valence-electron chi connectivity index (χ0n) is 8.23. The van der Waals surface area contributed by atoms with Crippen LogP contribution in [0.1, 0.15) is 5.69 Å². The van der Waals surface area contributed by atoms with Crippen LogP contribution in [0.15, 0.2) is 30.3 Å². The molecule has 0 aliphatic rings. The van der Waals surface area contributed by atoms with Crippen LogP contribution in [0.2, 0.25) is 1.41 Å². The van der Waals surface area contributed by atoms with Crippen molar-refractivity contribution in [2.24, 2.45) is 0 Å². The van der Waals surface area contributed by atoms with E-state index in [1.165, 1.54) is 0 Å². The topological polar surface area (TPSA) is 48.9 Å². The second-order valence-electron chi connectivity index (χ2n) is 2.82. The molecule has 3 nitrogen and oxygen atoms in total. The van der Waals surface area contributed by atoms with Gasteiger partial charge in [0.05, 0.1) is 5.69 Å². The first-order valence-electron chi connectivity index (χ1n) is 4.48. The smallest absolute Gasteiger partial charge is 0.212 e. The fraction of sp³-hybridized carbons (Fsp3) is 0.100. The number of rotatable bonds is 1. The summed E-state index contributed by atoms with van der Waals surface area (Å²) >= 11 is 0. The van der Waals surface area contributed by atoms with E-state index < -0.39 is 0 Å². The fourth-order valence-electron chi connectivity index (χ4n) is 1.13. The van der Waals surface area contributed by atoms with Gasteiger partial charge < -0.3 is 10.1 Å². The molecular weight excluding hydrogens is 164 g/mol. The minimum Gasteiger partial charge on any atom is -0.493 e. The molecule has 0 radical (unpaired) electrons. The Morgan fingerprint density at radius 3 is 2.62 bits per heavy atom. The zero-order valence-corrected chi connectivity index (χ0v) is 7.23. The van der Waals surface area contributed by atoms with Crippen LogP contribution in [0, 0.1) is 6.92 Å². The van der Waals surface area contributed by atoms with Crippen molar-refractivity contribution < 1.29 is 6.52 Å². The molecule has 0 amide bonds. The van der Waals surface area contributed by atoms with E-state index in [1.807, 2.05) is 30.3 Å². The molecule has 2 N–H and O–H groups in total. The fourth-order valence-corrected chi connectivity index (χ4v) is 1.13. The molecule has 1 aromatic carbocycles. The second-order valence-corrected chi connectivity index (χ2v) is 2.82. The first kappa shape index (κ1) is 6.71. The van der Waals surface area contributed by atoms with Gasteiger partial charge in [-0.2, -0.15) is 0 Å². The molecule has 0 atom stereocenters. The van der Waals surface area contributed by atoms with Gasteiger partial charge in [0.25, 0.3) is 0 Å². The maximum absolute atomic E-state index is 9.40. The lowest BCUT2D eigenvalue weighted by Gasteiger charge is -1.93. The SMILES string of the molecule is [2H]n1c(-c2ccccc2)nc(C)c1O. The highest BCUT2D eigenvalue weighted by molar-refractivity contribution is 5.56. The molecule has 13 heavy (non-hydrogen) atoms. The number of aromatic hydroxyl groups is 1. The van der Waals surface area contributed by atoms with Gasteiger partial charge in [0.15, 0.2) is 1.41 Å². The minimum absolute atomic E-state index is 0.108. The number of aryl methyl sites for hydroxylation is 1. The monoisotopic (exact) mass is 175 g/mol. The minimum atomic E-state index is -0.108. The van der Waals surface area contributed by atoms with Crippen molar-refractivity contribution in [3.63, 3.8) is 0 Å². The van der Waals surface area contributed by atoms with Crippen molar-refractivity contribution in [3.8, 4) is 17.3 Å². The highest BCUT2D eigenvalue weighted by Crippen LogP contribution is 2.20. The zero-order chi connectivity index (χ0) is 10.1. The number of aromatic amines is 1. The Balaban J connectivity index is 2.58. The van der Waals surface area contributed by atoms with E-state index >= 15 is 0 Å². The normalized spacial score (nSPS) is 11.3. The van der Waals surface area contributed by atoms with Crippen molar-refractivity contribution >= 4 is 0 Å². The largest absolute Gasteiger partial charge is 0.493 e. The maximum Gasteiger partial charge on any atom is 0.212 e. The van der Waals surface area contributed by atoms with Gasteiger partial charge in [-0.25, -0.2) is 4.98 Å². The van der Waals surface area contributed by atoms with Gasteiger partial charge >= 0.3 is 0 Å². The molecule has 0 aliphatic carbocycles. The van der Waals surface area contributed by atoms with Crippen LogP contribution in [0.4, 0.5) is 0 Å². The van der Waals surface area contributed by atoms with E-state index in [2.05, 4.69) is 4.98 Å². The highest BCUT2D eigenvalue weighted by atomic mass is 16.3. The van der Waals surface area contributed by atoms with Gasteiger partial charge in [0.2, 0.25) is 5.88 Å². The van der Waals surface area contributed by atoms with Crippen LogP contribution in [-0.2, 0) is 0 Å². The highest BCUT2D eigenvalue weighted by Gasteiger charge is 2.05. The Morgan fingerprint density at radius 1 is 1.38 bits per heavy atom. The Labute approximate surface area is 77.5 Å². The van der Waals surface area contributed by atoms with Crippen molar-refractivity contribution in [2.45, 2.75) is 6.92 Å². The average Bonchev–Trinajstić information content (AvgIpc) is 2.47. The molecule has 2 rings (SSSR count). The number of imidazole rings is 1. The summed E-state index contributed by atoms with van der Waals surface area (Å²) < 4.78 is 7.56. The summed E-state index contributed by atoms with van der Waals surface area (Å²) in [6, 6.07) is 9.35. The van der Waals surface area contributed by atoms with E-state index in [0.29, 0.717) is 11.5 Å². The van der Waals surface area contributed by atoms with E-state index in [9.17, 15) is 5.11 Å². The third-order valence-corrected chi connectivity index (χ3v) is 1.84. The predicted octanol–water partition coefficient (Wildman–Crippen LogP) is 2.09.